The molecule has 7 rings (SSSR count). The molecule has 4 aliphatic rings. The van der Waals surface area contributed by atoms with E-state index in [1.54, 1.807) is 18.3 Å². The molecule has 4 fully saturated rings. The maximum Gasteiger partial charge on any atom is 0.253 e. The number of likely N-dealkylation sites (tertiary alicyclic amines) is 1. The van der Waals surface area contributed by atoms with E-state index < -0.39 is 0 Å². The second kappa shape index (κ2) is 11.2. The lowest BCUT2D eigenvalue weighted by molar-refractivity contribution is -0.0106. The van der Waals surface area contributed by atoms with Gasteiger partial charge in [-0.15, -0.1) is 0 Å². The molecule has 3 saturated heterocycles. The predicted molar refractivity (Wildman–Crippen MR) is 167 cm³/mol. The van der Waals surface area contributed by atoms with E-state index in [1.165, 1.54) is 17.6 Å². The van der Waals surface area contributed by atoms with Crippen LogP contribution in [0.3, 0.4) is 0 Å². The molecule has 2 spiro atoms. The summed E-state index contributed by atoms with van der Waals surface area (Å²) in [5.74, 6) is -0.345. The van der Waals surface area contributed by atoms with E-state index in [4.69, 9.17) is 4.74 Å². The van der Waals surface area contributed by atoms with Crippen molar-refractivity contribution in [3.63, 3.8) is 0 Å². The summed E-state index contributed by atoms with van der Waals surface area (Å²) < 4.78 is 19.6. The minimum Gasteiger partial charge on any atom is -0.381 e. The molecule has 3 aliphatic heterocycles. The van der Waals surface area contributed by atoms with E-state index in [0.717, 1.165) is 87.5 Å². The van der Waals surface area contributed by atoms with Gasteiger partial charge in [0.15, 0.2) is 0 Å². The normalized spacial score (nSPS) is 23.6. The lowest BCUT2D eigenvalue weighted by atomic mass is 9.59. The Morgan fingerprint density at radius 2 is 1.67 bits per heavy atom. The van der Waals surface area contributed by atoms with Crippen LogP contribution in [0.2, 0.25) is 0 Å². The molecule has 2 aromatic carbocycles. The molecule has 1 unspecified atom stereocenters. The van der Waals surface area contributed by atoms with Crippen molar-refractivity contribution in [1.29, 1.82) is 0 Å². The Bertz CT molecular complexity index is 1510. The fraction of sp³-hybridized carbons (Fsp3) is 0.444. The SMILES string of the molecule is C[C@@H](NC(=O)c1cncc(N2CCC3(CCCOC3)C2)c1)c1ccc(C(=C2CC3(C2)CN(C)C3)c2ccc(F)cc2)cc1. The number of benzene rings is 2. The van der Waals surface area contributed by atoms with Crippen LogP contribution in [-0.4, -0.2) is 62.2 Å². The third-order valence-corrected chi connectivity index (χ3v) is 10.1. The van der Waals surface area contributed by atoms with Gasteiger partial charge in [0.2, 0.25) is 0 Å². The molecule has 2 atom stereocenters. The lowest BCUT2D eigenvalue weighted by Gasteiger charge is -2.56. The number of nitrogens with zero attached hydrogens (tertiary/aromatic N) is 3. The first-order valence-electron chi connectivity index (χ1n) is 15.7. The minimum atomic E-state index is -0.220. The zero-order valence-electron chi connectivity index (χ0n) is 25.2. The highest BCUT2D eigenvalue weighted by Crippen LogP contribution is 2.54. The summed E-state index contributed by atoms with van der Waals surface area (Å²) >= 11 is 0. The van der Waals surface area contributed by atoms with Crippen molar-refractivity contribution < 1.29 is 13.9 Å². The van der Waals surface area contributed by atoms with Crippen LogP contribution in [0.1, 0.15) is 72.1 Å². The molecule has 1 saturated carbocycles. The first-order chi connectivity index (χ1) is 20.8. The Labute approximate surface area is 253 Å². The van der Waals surface area contributed by atoms with Gasteiger partial charge in [-0.25, -0.2) is 4.39 Å². The van der Waals surface area contributed by atoms with Crippen LogP contribution in [-0.2, 0) is 4.74 Å². The Kier molecular flexibility index (Phi) is 7.34. The van der Waals surface area contributed by atoms with Crippen molar-refractivity contribution in [3.8, 4) is 0 Å². The van der Waals surface area contributed by atoms with Gasteiger partial charge >= 0.3 is 0 Å². The Balaban J connectivity index is 1.04. The average Bonchev–Trinajstić information content (AvgIpc) is 3.39. The molecule has 43 heavy (non-hydrogen) atoms. The quantitative estimate of drug-likeness (QED) is 0.374. The molecule has 1 aliphatic carbocycles. The second-order valence-electron chi connectivity index (χ2n) is 13.6. The van der Waals surface area contributed by atoms with Crippen LogP contribution in [0.5, 0.6) is 0 Å². The van der Waals surface area contributed by atoms with Gasteiger partial charge in [0.25, 0.3) is 5.91 Å². The molecule has 6 nitrogen and oxygen atoms in total. The second-order valence-corrected chi connectivity index (χ2v) is 13.6. The third kappa shape index (κ3) is 5.61. The standard InChI is InChI=1S/C36H41FN4O2/c1-25(39-34(42)29-16-32(20-38-19-29)41-14-13-35(23-41)12-3-15-43-24-35)26-4-6-27(7-5-26)33(28-8-10-31(37)11-9-28)30-17-36(18-30)21-40(2)22-36/h4-11,16,19-20,25H,3,12-15,17-18,21-24H2,1-2H3,(H,39,42)/t25-,35?/m1/s1. The summed E-state index contributed by atoms with van der Waals surface area (Å²) in [5.41, 5.74) is 8.12. The molecule has 1 N–H and O–H groups in total. The smallest absolute Gasteiger partial charge is 0.253 e. The predicted octanol–water partition coefficient (Wildman–Crippen LogP) is 6.25. The van der Waals surface area contributed by atoms with Crippen LogP contribution in [0.15, 0.2) is 72.6 Å². The van der Waals surface area contributed by atoms with Gasteiger partial charge in [-0.2, -0.15) is 0 Å². The van der Waals surface area contributed by atoms with E-state index >= 15 is 0 Å². The molecule has 0 radical (unpaired) electrons. The number of allylic oxidation sites excluding steroid dienone is 1. The number of carbonyl (C=O) groups excluding carboxylic acids is 1. The van der Waals surface area contributed by atoms with E-state index in [9.17, 15) is 9.18 Å². The fourth-order valence-electron chi connectivity index (χ4n) is 7.96. The maximum absolute atomic E-state index is 13.8. The topological polar surface area (TPSA) is 57.7 Å². The Morgan fingerprint density at radius 3 is 2.35 bits per heavy atom. The summed E-state index contributed by atoms with van der Waals surface area (Å²) in [7, 11) is 2.18. The van der Waals surface area contributed by atoms with Gasteiger partial charge < -0.3 is 19.9 Å². The van der Waals surface area contributed by atoms with Crippen LogP contribution in [0.25, 0.3) is 5.57 Å². The maximum atomic E-state index is 13.8. The summed E-state index contributed by atoms with van der Waals surface area (Å²) in [4.78, 5) is 22.4. The van der Waals surface area contributed by atoms with Gasteiger partial charge in [-0.1, -0.05) is 42.0 Å². The van der Waals surface area contributed by atoms with Crippen molar-refractivity contribution in [2.75, 3.05) is 51.3 Å². The number of carbonyl (C=O) groups is 1. The van der Waals surface area contributed by atoms with E-state index in [0.29, 0.717) is 11.0 Å². The molecule has 4 heterocycles. The van der Waals surface area contributed by atoms with E-state index in [-0.39, 0.29) is 23.2 Å². The largest absolute Gasteiger partial charge is 0.381 e. The van der Waals surface area contributed by atoms with Crippen LogP contribution < -0.4 is 10.2 Å². The molecule has 1 aromatic heterocycles. The molecule has 1 amide bonds. The number of nitrogens with one attached hydrogen (secondary N) is 1. The zero-order valence-corrected chi connectivity index (χ0v) is 25.2. The summed E-state index contributed by atoms with van der Waals surface area (Å²) in [5, 5.41) is 3.17. The van der Waals surface area contributed by atoms with Crippen LogP contribution in [0, 0.1) is 16.6 Å². The number of ether oxygens (including phenoxy) is 1. The molecule has 7 heteroatoms. The molecule has 0 bridgehead atoms. The van der Waals surface area contributed by atoms with Gasteiger partial charge in [0.05, 0.1) is 30.1 Å². The lowest BCUT2D eigenvalue weighted by Crippen LogP contribution is -2.58. The van der Waals surface area contributed by atoms with Crippen LogP contribution in [0.4, 0.5) is 10.1 Å². The number of amides is 1. The fourth-order valence-corrected chi connectivity index (χ4v) is 7.96. The van der Waals surface area contributed by atoms with E-state index in [1.807, 2.05) is 31.3 Å². The monoisotopic (exact) mass is 580 g/mol. The van der Waals surface area contributed by atoms with Gasteiger partial charge in [0.1, 0.15) is 5.82 Å². The Hall–Kier alpha value is -3.55. The highest BCUT2D eigenvalue weighted by atomic mass is 19.1. The van der Waals surface area contributed by atoms with Crippen LogP contribution >= 0.6 is 0 Å². The minimum absolute atomic E-state index is 0.125. The van der Waals surface area contributed by atoms with Gasteiger partial charge in [-0.05, 0) is 86.5 Å². The highest BCUT2D eigenvalue weighted by molar-refractivity contribution is 5.95. The molecule has 224 valence electrons. The zero-order chi connectivity index (χ0) is 29.6. The van der Waals surface area contributed by atoms with Crippen molar-refractivity contribution in [2.24, 2.45) is 10.8 Å². The molecule has 3 aromatic rings. The van der Waals surface area contributed by atoms with Crippen molar-refractivity contribution in [2.45, 2.75) is 45.1 Å². The first kappa shape index (κ1) is 28.2. The summed E-state index contributed by atoms with van der Waals surface area (Å²) in [6.07, 6.45) is 9.15. The third-order valence-electron chi connectivity index (χ3n) is 10.1. The van der Waals surface area contributed by atoms with Crippen molar-refractivity contribution in [1.82, 2.24) is 15.2 Å². The highest BCUT2D eigenvalue weighted by Gasteiger charge is 2.49. The van der Waals surface area contributed by atoms with E-state index in [2.05, 4.69) is 51.4 Å². The number of pyridine rings is 1. The summed E-state index contributed by atoms with van der Waals surface area (Å²) in [6.45, 7) is 7.92. The summed E-state index contributed by atoms with van der Waals surface area (Å²) in [6, 6.07) is 17.1. The molecular weight excluding hydrogens is 539 g/mol. The number of halogens is 1. The number of hydrogen-bond acceptors (Lipinski definition) is 5. The number of anilines is 1. The average molecular weight is 581 g/mol. The number of hydrogen-bond donors (Lipinski definition) is 1. The number of aromatic nitrogens is 1. The Morgan fingerprint density at radius 1 is 0.953 bits per heavy atom. The van der Waals surface area contributed by atoms with Crippen molar-refractivity contribution >= 4 is 17.2 Å². The first-order valence-corrected chi connectivity index (χ1v) is 15.7. The number of rotatable bonds is 6. The van der Waals surface area contributed by atoms with Crippen molar-refractivity contribution in [3.05, 3.63) is 101 Å². The van der Waals surface area contributed by atoms with Gasteiger partial charge in [0, 0.05) is 49.8 Å². The van der Waals surface area contributed by atoms with Gasteiger partial charge in [-0.3, -0.25) is 9.78 Å². The molecular formula is C36H41FN4O2.